The van der Waals surface area contributed by atoms with Gasteiger partial charge < -0.3 is 48.3 Å². The number of ketones is 1. The monoisotopic (exact) mass is 1970 g/mol. The predicted molar refractivity (Wildman–Crippen MR) is 488 cm³/mol. The van der Waals surface area contributed by atoms with Gasteiger partial charge in [0.25, 0.3) is 18.3 Å². The van der Waals surface area contributed by atoms with Crippen molar-refractivity contribution in [1.29, 1.82) is 10.5 Å². The van der Waals surface area contributed by atoms with E-state index < -0.39 is 41.4 Å². The van der Waals surface area contributed by atoms with Crippen LogP contribution in [0.1, 0.15) is 182 Å². The first-order chi connectivity index (χ1) is 64.4. The fourth-order valence-corrected chi connectivity index (χ4v) is 12.9. The Labute approximate surface area is 873 Å². The molecule has 2 amide bonds. The number of Topliss-reactive ketones (excluding diaryl/α,β-unsaturated/α-hetero) is 1. The number of H-pyrrole nitrogens is 1. The molecule has 0 saturated heterocycles. The minimum absolute atomic E-state index is 0. The van der Waals surface area contributed by atoms with Crippen LogP contribution in [-0.2, 0) is 61.8 Å². The van der Waals surface area contributed by atoms with Crippen molar-refractivity contribution < 1.29 is 177 Å². The zero-order valence-corrected chi connectivity index (χ0v) is 84.0. The Balaban J connectivity index is 0.000000262. The zero-order valence-electron chi connectivity index (χ0n) is 78.2. The van der Waals surface area contributed by atoms with Crippen LogP contribution in [0.25, 0.3) is 88.1 Å². The van der Waals surface area contributed by atoms with Crippen molar-refractivity contribution in [3.8, 4) is 56.6 Å². The minimum atomic E-state index is -1.16. The number of pyridine rings is 4. The number of carbonyl (C=O) groups excluding carboxylic acids is 4. The average Bonchev–Trinajstić information content (AvgIpc) is 1.06. The van der Waals surface area contributed by atoms with Crippen LogP contribution in [0.2, 0.25) is 0 Å². The van der Waals surface area contributed by atoms with Crippen LogP contribution in [0.5, 0.6) is 0 Å². The topological polar surface area (TPSA) is 518 Å². The first kappa shape index (κ1) is 109. The average molecular weight is 1970 g/mol. The molecule has 9 N–H and O–H groups in total. The first-order valence-electron chi connectivity index (χ1n) is 41.9. The number of benzene rings is 8. The summed E-state index contributed by atoms with van der Waals surface area (Å²) >= 11 is 3.42. The number of nitrogens with one attached hydrogen (secondary N) is 1. The van der Waals surface area contributed by atoms with Gasteiger partial charge in [-0.05, 0) is 245 Å². The van der Waals surface area contributed by atoms with Crippen molar-refractivity contribution in [3.63, 3.8) is 0 Å². The number of hydrogen-bond acceptors (Lipinski definition) is 28. The molecule has 694 valence electrons. The Hall–Kier alpha value is -12.1. The van der Waals surface area contributed by atoms with Crippen LogP contribution in [0.4, 0.5) is 22.0 Å². The summed E-state index contributed by atoms with van der Waals surface area (Å²) in [7, 11) is -1.00. The quantitative estimate of drug-likeness (QED) is 0.00798. The Bertz CT molecular complexity index is 6870. The number of aromatic nitrogens is 20. The molecule has 0 aliphatic rings. The fraction of sp³-hybridized carbons (Fsp3) is 0.255. The smallest absolute Gasteiger partial charge is 1.00 e. The molecule has 0 aliphatic carbocycles. The second kappa shape index (κ2) is 51.8. The number of alkyl halides is 2. The van der Waals surface area contributed by atoms with E-state index >= 15 is 0 Å². The molecule has 8 heterocycles. The van der Waals surface area contributed by atoms with E-state index in [1.54, 1.807) is 107 Å². The summed E-state index contributed by atoms with van der Waals surface area (Å²) in [4.78, 5) is 65.1. The number of halogens is 6. The summed E-state index contributed by atoms with van der Waals surface area (Å²) < 4.78 is 70.2. The number of aromatic amines is 1. The minimum Gasteiger partial charge on any atom is -1.00 e. The summed E-state index contributed by atoms with van der Waals surface area (Å²) in [6.07, 6.45) is 2.63. The summed E-state index contributed by atoms with van der Waals surface area (Å²) in [5.74, 6) is -1.11. The molecule has 0 fully saturated rings. The SMILES string of the molecule is CCC(C)(O)c1nn[nH]n1.CCC(C)(O)c1nnn(Cc2ccc3c(-c4ccc(F)cc4)cc(C#N)nc3c2)n1.CCC(C)(O)c1nnn(Cc2ccc3c(-c4ccc(F)cc4)cc(C(N)=O)nc3c2)n1.CCC(C)(O)c1nnnn1Cc1ccc2c(-c3ccc(F)cc3)cc(C(N)=O)nc2c1.CCC(C)=O.N#Cc1cc(-c2ccc(F)cc2)c2ccc(CBr)cc2n1.O=CO[O-].[2H]CF.[H-].[K+].[K+]. The predicted octanol–water partition coefficient (Wildman–Crippen LogP) is 7.90. The van der Waals surface area contributed by atoms with E-state index in [0.717, 1.165) is 99.2 Å². The van der Waals surface area contributed by atoms with E-state index in [0.29, 0.717) is 85.6 Å². The molecule has 136 heavy (non-hydrogen) atoms. The maximum atomic E-state index is 13.4. The van der Waals surface area contributed by atoms with E-state index in [9.17, 15) is 62.0 Å². The Kier molecular flexibility index (Phi) is 41.6. The van der Waals surface area contributed by atoms with Gasteiger partial charge in [-0.25, -0.2) is 42.2 Å². The van der Waals surface area contributed by atoms with Crippen LogP contribution >= 0.6 is 15.9 Å². The number of fused-ring (bicyclic) bond motifs is 4. The van der Waals surface area contributed by atoms with Gasteiger partial charge in [-0.2, -0.15) is 25.3 Å². The van der Waals surface area contributed by atoms with E-state index in [1.165, 1.54) is 62.8 Å². The van der Waals surface area contributed by atoms with Crippen molar-refractivity contribution >= 4 is 83.6 Å². The van der Waals surface area contributed by atoms with Gasteiger partial charge in [0.15, 0.2) is 5.82 Å². The first-order valence-corrected chi connectivity index (χ1v) is 42.3. The van der Waals surface area contributed by atoms with Crippen molar-refractivity contribution in [2.45, 2.75) is 149 Å². The molecule has 8 aromatic carbocycles. The van der Waals surface area contributed by atoms with Crippen molar-refractivity contribution in [2.75, 3.05) is 7.15 Å². The zero-order chi connectivity index (χ0) is 98.5. The normalized spacial score (nSPS) is 12.4. The maximum absolute atomic E-state index is 13.4. The Morgan fingerprint density at radius 3 is 1.12 bits per heavy atom. The van der Waals surface area contributed by atoms with E-state index in [1.807, 2.05) is 107 Å². The molecule has 0 spiro atoms. The molecule has 4 atom stereocenters. The molecule has 8 aromatic heterocycles. The second-order valence-corrected chi connectivity index (χ2v) is 31.2. The van der Waals surface area contributed by atoms with Gasteiger partial charge in [-0.1, -0.05) is 153 Å². The largest absolute Gasteiger partial charge is 1.00 e. The van der Waals surface area contributed by atoms with Gasteiger partial charge in [0.2, 0.25) is 17.5 Å². The third-order valence-corrected chi connectivity index (χ3v) is 21.6. The number of carbonyl (C=O) groups is 4. The van der Waals surface area contributed by atoms with Crippen molar-refractivity contribution in [2.24, 2.45) is 11.5 Å². The molecule has 0 aliphatic heterocycles. The third-order valence-electron chi connectivity index (χ3n) is 21.0. The van der Waals surface area contributed by atoms with Crippen LogP contribution in [0.15, 0.2) is 194 Å². The third kappa shape index (κ3) is 30.0. The number of nitriles is 2. The second-order valence-electron chi connectivity index (χ2n) is 30.7. The number of rotatable bonds is 23. The molecule has 0 saturated carbocycles. The van der Waals surface area contributed by atoms with E-state index in [4.69, 9.17) is 28.2 Å². The molecular formula is C94H94BrF5K2N24O10. The van der Waals surface area contributed by atoms with Gasteiger partial charge >= 0.3 is 103 Å². The maximum Gasteiger partial charge on any atom is 1.00 e. The molecule has 0 radical (unpaired) electrons. The number of aliphatic hydroxyl groups is 4. The summed E-state index contributed by atoms with van der Waals surface area (Å²) in [5, 5.41) is 121. The number of nitrogens with zero attached hydrogens (tertiary/aromatic N) is 21. The van der Waals surface area contributed by atoms with Crippen molar-refractivity contribution in [3.05, 3.63) is 286 Å². The molecule has 34 nitrogen and oxygen atoms in total. The number of amides is 2. The summed E-state index contributed by atoms with van der Waals surface area (Å²) in [5.41, 5.74) is 19.9. The summed E-state index contributed by atoms with van der Waals surface area (Å²) in [6, 6.07) is 58.1. The van der Waals surface area contributed by atoms with Crippen LogP contribution in [0, 0.1) is 45.9 Å². The van der Waals surface area contributed by atoms with Gasteiger partial charge in [-0.3, -0.25) is 18.8 Å². The van der Waals surface area contributed by atoms with E-state index in [-0.39, 0.29) is 168 Å². The molecule has 16 rings (SSSR count). The number of hydrogen-bond donors (Lipinski definition) is 7. The molecular weight excluding hydrogens is 1880 g/mol. The van der Waals surface area contributed by atoms with Crippen LogP contribution in [-0.4, -0.2) is 153 Å². The molecule has 4 unspecified atom stereocenters. The van der Waals surface area contributed by atoms with Crippen molar-refractivity contribution in [1.82, 2.24) is 101 Å². The van der Waals surface area contributed by atoms with Crippen LogP contribution in [0.3, 0.4) is 0 Å². The number of primary amides is 2. The fourth-order valence-electron chi connectivity index (χ4n) is 12.6. The van der Waals surface area contributed by atoms with Gasteiger partial charge in [0.05, 0.1) is 50.2 Å². The van der Waals surface area contributed by atoms with Gasteiger partial charge in [0.1, 0.15) is 86.4 Å². The molecule has 42 heteroatoms. The molecule has 16 aromatic rings. The number of tetrazole rings is 4. The van der Waals surface area contributed by atoms with Gasteiger partial charge in [-0.15, -0.1) is 35.7 Å². The van der Waals surface area contributed by atoms with E-state index in [2.05, 4.69) is 120 Å². The standard InChI is InChI=1S/2C22H21FN6O2.C22H19FN6O.C17H10BrFN2.C5H10N4O.C4H8O.CH3F.CH2O3.2K.H/c1-3-22(2,31)21-26-27-28-29(21)12-13-4-9-16-17(14-5-7-15(23)8-6-14)11-19(20(24)30)25-18(16)10-13;1-3-22(2,31)21-26-28-29(27-21)12-13-4-9-16-17(14-5-7-15(23)8-6-14)11-19(20(24)30)25-18(16)10-13;1-3-22(2,30)21-26-28-29(27-21)13-14-4-9-18-19(15-5-7-16(23)8-6-15)11-17(12-24)25-20(18)10-14;18-9-11-1-6-15-16(12-2-4-13(19)5-3-12)8-14(10-20)21-17(15)7-11;1-3-5(2,10)4-6-8-9-7-4;1-3-4(2)5;1-2;2-1-4-3;;;/h2*4-11,31H,3,12H2,1-2H3,(H2,24,30);4-11,30H,3,13H2,1-2H3;1-8H,9H2;10H,3H2,1-2H3,(H,6,7,8,9);3H2,1-2H3;1H3;1,3H;;;/q;;;;;;;;2*+1;-1/p-1/i;;;;;;1D;;;;. The Morgan fingerprint density at radius 2 is 0.816 bits per heavy atom. The van der Waals surface area contributed by atoms with Gasteiger partial charge in [0, 0.05) is 33.3 Å². The molecule has 0 bridgehead atoms. The van der Waals surface area contributed by atoms with Crippen LogP contribution < -0.4 is 119 Å². The Morgan fingerprint density at radius 1 is 0.500 bits per heavy atom. The number of nitrogens with two attached hydrogens (primary N) is 2. The summed E-state index contributed by atoms with van der Waals surface area (Å²) in [6.45, 7) is 18.2.